The molecule has 0 aliphatic carbocycles. The molecule has 172 valence electrons. The van der Waals surface area contributed by atoms with Gasteiger partial charge in [-0.25, -0.2) is 23.6 Å². The Morgan fingerprint density at radius 3 is 2.18 bits per heavy atom. The van der Waals surface area contributed by atoms with Crippen LogP contribution in [0.15, 0.2) is 77.5 Å². The van der Waals surface area contributed by atoms with E-state index in [1.165, 1.54) is 0 Å². The summed E-state index contributed by atoms with van der Waals surface area (Å²) in [4.78, 5) is 7.69. The molecule has 9 nitrogen and oxygen atoms in total. The Balaban J connectivity index is 0.000000555. The first kappa shape index (κ1) is 24.2. The van der Waals surface area contributed by atoms with Crippen LogP contribution in [-0.2, 0) is 6.54 Å². The van der Waals surface area contributed by atoms with Gasteiger partial charge in [0.2, 0.25) is 5.36 Å². The summed E-state index contributed by atoms with van der Waals surface area (Å²) >= 11 is 0. The first-order valence-corrected chi connectivity index (χ1v) is 10.8. The van der Waals surface area contributed by atoms with Crippen molar-refractivity contribution in [2.75, 3.05) is 14.2 Å². The van der Waals surface area contributed by atoms with Crippen LogP contribution in [0.2, 0.25) is 0 Å². The van der Waals surface area contributed by atoms with Gasteiger partial charge in [-0.15, -0.1) is 10.2 Å². The summed E-state index contributed by atoms with van der Waals surface area (Å²) in [6, 6.07) is 19.6. The second-order valence-corrected chi connectivity index (χ2v) is 7.46. The lowest BCUT2D eigenvalue weighted by atomic mass is 10.1. The van der Waals surface area contributed by atoms with Crippen molar-refractivity contribution in [2.45, 2.75) is 6.54 Å². The number of pyridine rings is 1. The lowest BCUT2D eigenvalue weighted by Gasteiger charge is -2.17. The van der Waals surface area contributed by atoms with E-state index >= 15 is 0 Å². The summed E-state index contributed by atoms with van der Waals surface area (Å²) < 4.78 is 50.8. The summed E-state index contributed by atoms with van der Waals surface area (Å²) in [5, 5.41) is 1.93. The van der Waals surface area contributed by atoms with E-state index in [2.05, 4.69) is 9.98 Å². The highest BCUT2D eigenvalue weighted by atomic mass is 35.7. The monoisotopic (exact) mass is 472 g/mol. The fourth-order valence-electron chi connectivity index (χ4n) is 3.04. The molecule has 33 heavy (non-hydrogen) atoms. The van der Waals surface area contributed by atoms with Gasteiger partial charge in [-0.05, 0) is 54.6 Å². The Kier molecular flexibility index (Phi) is 7.99. The lowest BCUT2D eigenvalue weighted by molar-refractivity contribution is -2.00. The molecule has 0 unspecified atom stereocenters. The average Bonchev–Trinajstić information content (AvgIpc) is 2.81. The fourth-order valence-corrected chi connectivity index (χ4v) is 3.04. The van der Waals surface area contributed by atoms with E-state index in [4.69, 9.17) is 32.5 Å². The van der Waals surface area contributed by atoms with Crippen molar-refractivity contribution in [3.8, 4) is 22.8 Å². The SMILES string of the molecule is COc1ccc(-c2cc(=[NH+]Cc3cccnc3)c3cc(OC)ccc3o2)cc1.[O-][Cl+3]([O-])([O-])[O-]. The molecular formula is C23H21ClN2O7. The van der Waals surface area contributed by atoms with E-state index in [-0.39, 0.29) is 0 Å². The van der Waals surface area contributed by atoms with E-state index in [1.54, 1.807) is 20.4 Å². The molecular weight excluding hydrogens is 452 g/mol. The summed E-state index contributed by atoms with van der Waals surface area (Å²) in [6.07, 6.45) is 3.63. The van der Waals surface area contributed by atoms with Gasteiger partial charge in [0.25, 0.3) is 0 Å². The van der Waals surface area contributed by atoms with Crippen LogP contribution >= 0.6 is 0 Å². The topological polar surface area (TPSA) is 151 Å². The second-order valence-electron chi connectivity index (χ2n) is 6.71. The van der Waals surface area contributed by atoms with Gasteiger partial charge in [-0.3, -0.25) is 4.98 Å². The molecule has 0 saturated carbocycles. The summed E-state index contributed by atoms with van der Waals surface area (Å²) in [5.74, 6) is 2.36. The maximum atomic E-state index is 8.49. The van der Waals surface area contributed by atoms with Crippen LogP contribution in [0.4, 0.5) is 0 Å². The predicted molar refractivity (Wildman–Crippen MR) is 107 cm³/mol. The first-order valence-electron chi connectivity index (χ1n) is 9.60. The molecule has 0 spiro atoms. The van der Waals surface area contributed by atoms with Crippen molar-refractivity contribution in [3.63, 3.8) is 0 Å². The van der Waals surface area contributed by atoms with E-state index < -0.39 is 10.2 Å². The predicted octanol–water partition coefficient (Wildman–Crippen LogP) is -2.06. The maximum absolute atomic E-state index is 8.49. The van der Waals surface area contributed by atoms with Gasteiger partial charge in [-0.1, -0.05) is 0 Å². The van der Waals surface area contributed by atoms with E-state index in [0.717, 1.165) is 44.7 Å². The highest BCUT2D eigenvalue weighted by Crippen LogP contribution is 2.25. The Morgan fingerprint density at radius 1 is 0.909 bits per heavy atom. The smallest absolute Gasteiger partial charge is 0.213 e. The molecule has 0 bridgehead atoms. The first-order chi connectivity index (χ1) is 15.8. The molecule has 1 N–H and O–H groups in total. The van der Waals surface area contributed by atoms with Gasteiger partial charge < -0.3 is 13.9 Å². The summed E-state index contributed by atoms with van der Waals surface area (Å²) in [7, 11) is -1.63. The van der Waals surface area contributed by atoms with Crippen LogP contribution in [0.1, 0.15) is 5.56 Å². The number of hydrogen-bond donors (Lipinski definition) is 1. The average molecular weight is 473 g/mol. The van der Waals surface area contributed by atoms with Crippen molar-refractivity contribution >= 4 is 11.0 Å². The third kappa shape index (κ3) is 7.28. The number of benzene rings is 2. The zero-order valence-electron chi connectivity index (χ0n) is 17.8. The Bertz CT molecular complexity index is 1250. The molecule has 0 aliphatic heterocycles. The van der Waals surface area contributed by atoms with Gasteiger partial charge in [0, 0.05) is 23.5 Å². The van der Waals surface area contributed by atoms with E-state index in [9.17, 15) is 0 Å². The number of nitrogens with zero attached hydrogens (tertiary/aromatic N) is 1. The molecule has 4 rings (SSSR count). The van der Waals surface area contributed by atoms with Gasteiger partial charge >= 0.3 is 0 Å². The zero-order valence-corrected chi connectivity index (χ0v) is 18.6. The Labute approximate surface area is 191 Å². The number of rotatable bonds is 5. The number of aromatic nitrogens is 1. The molecule has 0 aliphatic rings. The third-order valence-electron chi connectivity index (χ3n) is 4.55. The minimum atomic E-state index is -4.94. The molecule has 0 atom stereocenters. The number of hydrogen-bond acceptors (Lipinski definition) is 8. The van der Waals surface area contributed by atoms with Crippen LogP contribution in [0, 0.1) is 10.2 Å². The number of halogens is 1. The van der Waals surface area contributed by atoms with Gasteiger partial charge in [0.05, 0.1) is 25.7 Å². The molecule has 2 aromatic heterocycles. The molecule has 10 heteroatoms. The van der Waals surface area contributed by atoms with Crippen molar-refractivity contribution in [1.29, 1.82) is 0 Å². The molecule has 0 fully saturated rings. The molecule has 2 aromatic carbocycles. The largest absolute Gasteiger partial charge is 0.497 e. The molecule has 4 aromatic rings. The number of ether oxygens (including phenoxy) is 2. The number of nitrogens with one attached hydrogen (secondary N) is 1. The molecule has 0 amide bonds. The fraction of sp³-hybridized carbons (Fsp3) is 0.130. The lowest BCUT2D eigenvalue weighted by Crippen LogP contribution is -2.75. The number of methoxy groups -OCH3 is 2. The third-order valence-corrected chi connectivity index (χ3v) is 4.55. The highest BCUT2D eigenvalue weighted by molar-refractivity contribution is 5.79. The molecule has 0 saturated heterocycles. The minimum absolute atomic E-state index is 0.659. The summed E-state index contributed by atoms with van der Waals surface area (Å²) in [5.41, 5.74) is 2.86. The standard InChI is InChI=1S/C23H20N2O3.ClHO4/c1-26-18-7-5-17(6-8-18)23-13-21(25-15-16-4-3-11-24-14-16)20-12-19(27-2)9-10-22(20)28-23;2-1(3,4)5/h3-14H,15H2,1-2H3;(H,2,3,4,5). The summed E-state index contributed by atoms with van der Waals surface area (Å²) in [6.45, 7) is 0.659. The molecule has 2 heterocycles. The van der Waals surface area contributed by atoms with Crippen molar-refractivity contribution in [3.05, 3.63) is 84.0 Å². The van der Waals surface area contributed by atoms with Gasteiger partial charge in [0.15, 0.2) is 6.54 Å². The van der Waals surface area contributed by atoms with E-state index in [0.29, 0.717) is 6.54 Å². The van der Waals surface area contributed by atoms with Crippen molar-refractivity contribution < 1.29 is 47.8 Å². The van der Waals surface area contributed by atoms with Crippen LogP contribution in [0.25, 0.3) is 22.3 Å². The van der Waals surface area contributed by atoms with Crippen molar-refractivity contribution in [1.82, 2.24) is 4.98 Å². The van der Waals surface area contributed by atoms with Crippen molar-refractivity contribution in [2.24, 2.45) is 0 Å². The van der Waals surface area contributed by atoms with Crippen LogP contribution in [0.3, 0.4) is 0 Å². The van der Waals surface area contributed by atoms with Gasteiger partial charge in [0.1, 0.15) is 22.8 Å². The maximum Gasteiger partial charge on any atom is 0.213 e. The highest BCUT2D eigenvalue weighted by Gasteiger charge is 2.11. The van der Waals surface area contributed by atoms with Crippen LogP contribution < -0.4 is 38.5 Å². The van der Waals surface area contributed by atoms with E-state index in [1.807, 2.05) is 66.9 Å². The minimum Gasteiger partial charge on any atom is -0.497 e. The van der Waals surface area contributed by atoms with Crippen LogP contribution in [-0.4, -0.2) is 19.2 Å². The molecule has 0 radical (unpaired) electrons. The quantitative estimate of drug-likeness (QED) is 0.348. The normalized spacial score (nSPS) is 11.6. The van der Waals surface area contributed by atoms with Crippen LogP contribution in [0.5, 0.6) is 11.5 Å². The Hall–Kier alpha value is -3.47. The zero-order chi connectivity index (χ0) is 23.8. The Morgan fingerprint density at radius 2 is 1.58 bits per heavy atom. The number of fused-ring (bicyclic) bond motifs is 1. The second kappa shape index (κ2) is 10.9. The van der Waals surface area contributed by atoms with Gasteiger partial charge in [-0.2, -0.15) is 0 Å².